The van der Waals surface area contributed by atoms with Crippen LogP contribution in [-0.2, 0) is 6.54 Å². The minimum Gasteiger partial charge on any atom is -0.397 e. The molecule has 0 fully saturated rings. The summed E-state index contributed by atoms with van der Waals surface area (Å²) in [6.45, 7) is 1.78. The highest BCUT2D eigenvalue weighted by atomic mass is 15.3. The van der Waals surface area contributed by atoms with Crippen molar-refractivity contribution in [3.63, 3.8) is 0 Å². The Morgan fingerprint density at radius 3 is 3.00 bits per heavy atom. The van der Waals surface area contributed by atoms with Crippen molar-refractivity contribution in [2.24, 2.45) is 0 Å². The van der Waals surface area contributed by atoms with Crippen molar-refractivity contribution in [1.29, 1.82) is 0 Å². The molecular weight excluding hydrogens is 202 g/mol. The van der Waals surface area contributed by atoms with E-state index in [4.69, 9.17) is 5.73 Å². The van der Waals surface area contributed by atoms with E-state index in [1.165, 1.54) is 0 Å². The number of nitrogens with zero attached hydrogens (tertiary/aromatic N) is 3. The first-order valence-corrected chi connectivity index (χ1v) is 5.27. The number of pyridine rings is 1. The van der Waals surface area contributed by atoms with Crippen molar-refractivity contribution in [2.75, 3.05) is 17.6 Å². The van der Waals surface area contributed by atoms with Crippen LogP contribution in [0.2, 0.25) is 0 Å². The first-order valence-electron chi connectivity index (χ1n) is 5.27. The Bertz CT molecular complexity index is 406. The van der Waals surface area contributed by atoms with Crippen LogP contribution in [0.15, 0.2) is 36.8 Å². The molecular formula is C11H15N5. The molecule has 2 aromatic heterocycles. The lowest BCUT2D eigenvalue weighted by Gasteiger charge is -2.05. The van der Waals surface area contributed by atoms with Gasteiger partial charge < -0.3 is 11.1 Å². The van der Waals surface area contributed by atoms with Crippen LogP contribution < -0.4 is 11.1 Å². The van der Waals surface area contributed by atoms with Crippen molar-refractivity contribution in [2.45, 2.75) is 13.0 Å². The van der Waals surface area contributed by atoms with Crippen LogP contribution >= 0.6 is 0 Å². The van der Waals surface area contributed by atoms with Gasteiger partial charge in [0.2, 0.25) is 0 Å². The lowest BCUT2D eigenvalue weighted by Crippen LogP contribution is -2.07. The van der Waals surface area contributed by atoms with Crippen molar-refractivity contribution >= 4 is 11.5 Å². The highest BCUT2D eigenvalue weighted by Crippen LogP contribution is 2.05. The van der Waals surface area contributed by atoms with Crippen LogP contribution in [0.3, 0.4) is 0 Å². The molecule has 0 saturated carbocycles. The van der Waals surface area contributed by atoms with Crippen LogP contribution in [0.4, 0.5) is 11.5 Å². The Hall–Kier alpha value is -2.04. The molecule has 84 valence electrons. The van der Waals surface area contributed by atoms with Gasteiger partial charge in [-0.2, -0.15) is 5.10 Å². The number of anilines is 2. The molecule has 5 nitrogen and oxygen atoms in total. The van der Waals surface area contributed by atoms with Crippen molar-refractivity contribution in [1.82, 2.24) is 14.8 Å². The van der Waals surface area contributed by atoms with E-state index >= 15 is 0 Å². The van der Waals surface area contributed by atoms with Gasteiger partial charge in [0.15, 0.2) is 0 Å². The summed E-state index contributed by atoms with van der Waals surface area (Å²) < 4.78 is 1.91. The summed E-state index contributed by atoms with van der Waals surface area (Å²) in [7, 11) is 0. The van der Waals surface area contributed by atoms with E-state index in [-0.39, 0.29) is 0 Å². The first-order chi connectivity index (χ1) is 7.84. The lowest BCUT2D eigenvalue weighted by atomic mass is 10.4. The van der Waals surface area contributed by atoms with E-state index in [2.05, 4.69) is 15.4 Å². The first kappa shape index (κ1) is 10.5. The fraction of sp³-hybridized carbons (Fsp3) is 0.273. The predicted octanol–water partition coefficient (Wildman–Crippen LogP) is 1.36. The maximum absolute atomic E-state index is 5.54. The van der Waals surface area contributed by atoms with Gasteiger partial charge in [-0.15, -0.1) is 0 Å². The number of hydrogen-bond acceptors (Lipinski definition) is 4. The van der Waals surface area contributed by atoms with Gasteiger partial charge in [-0.1, -0.05) is 0 Å². The van der Waals surface area contributed by atoms with E-state index in [1.54, 1.807) is 12.4 Å². The summed E-state index contributed by atoms with van der Waals surface area (Å²) in [6, 6.07) is 5.64. The molecule has 0 amide bonds. The maximum atomic E-state index is 5.54. The van der Waals surface area contributed by atoms with Crippen molar-refractivity contribution < 1.29 is 0 Å². The third-order valence-electron chi connectivity index (χ3n) is 2.22. The third-order valence-corrected chi connectivity index (χ3v) is 2.22. The van der Waals surface area contributed by atoms with Gasteiger partial charge in [0.25, 0.3) is 0 Å². The molecule has 3 N–H and O–H groups in total. The third kappa shape index (κ3) is 2.98. The van der Waals surface area contributed by atoms with E-state index < -0.39 is 0 Å². The molecule has 0 atom stereocenters. The summed E-state index contributed by atoms with van der Waals surface area (Å²) in [6.07, 6.45) is 6.40. The largest absolute Gasteiger partial charge is 0.397 e. The molecule has 0 aromatic carbocycles. The van der Waals surface area contributed by atoms with Gasteiger partial charge >= 0.3 is 0 Å². The fourth-order valence-corrected chi connectivity index (χ4v) is 1.40. The van der Waals surface area contributed by atoms with Crippen LogP contribution in [0.25, 0.3) is 0 Å². The van der Waals surface area contributed by atoms with E-state index in [1.807, 2.05) is 29.1 Å². The molecule has 0 spiro atoms. The molecule has 0 aliphatic carbocycles. The number of aromatic nitrogens is 3. The van der Waals surface area contributed by atoms with Gasteiger partial charge in [-0.05, 0) is 24.6 Å². The molecule has 2 rings (SSSR count). The zero-order chi connectivity index (χ0) is 11.2. The Morgan fingerprint density at radius 1 is 1.38 bits per heavy atom. The normalized spacial score (nSPS) is 10.2. The molecule has 16 heavy (non-hydrogen) atoms. The zero-order valence-corrected chi connectivity index (χ0v) is 9.00. The van der Waals surface area contributed by atoms with E-state index in [0.717, 1.165) is 25.3 Å². The van der Waals surface area contributed by atoms with Crippen LogP contribution in [-0.4, -0.2) is 21.3 Å². The van der Waals surface area contributed by atoms with Gasteiger partial charge in [0.05, 0.1) is 11.9 Å². The van der Waals surface area contributed by atoms with Crippen molar-refractivity contribution in [3.8, 4) is 0 Å². The quantitative estimate of drug-likeness (QED) is 0.742. The van der Waals surface area contributed by atoms with Gasteiger partial charge in [-0.25, -0.2) is 4.98 Å². The maximum Gasteiger partial charge on any atom is 0.126 e. The number of aryl methyl sites for hydroxylation is 1. The molecule has 2 heterocycles. The Balaban J connectivity index is 1.70. The summed E-state index contributed by atoms with van der Waals surface area (Å²) in [5, 5.41) is 7.36. The topological polar surface area (TPSA) is 68.8 Å². The highest BCUT2D eigenvalue weighted by Gasteiger charge is 1.94. The molecule has 5 heteroatoms. The summed E-state index contributed by atoms with van der Waals surface area (Å²) in [5.74, 6) is 0.856. The predicted molar refractivity (Wildman–Crippen MR) is 64.0 cm³/mol. The smallest absolute Gasteiger partial charge is 0.126 e. The number of nitrogens with two attached hydrogens (primary N) is 1. The number of nitrogens with one attached hydrogen (secondary N) is 1. The van der Waals surface area contributed by atoms with Gasteiger partial charge in [0.1, 0.15) is 5.82 Å². The molecule has 0 saturated heterocycles. The van der Waals surface area contributed by atoms with E-state index in [0.29, 0.717) is 5.69 Å². The molecule has 0 bridgehead atoms. The molecule has 0 radical (unpaired) electrons. The van der Waals surface area contributed by atoms with Crippen LogP contribution in [0.1, 0.15) is 6.42 Å². The average Bonchev–Trinajstić information content (AvgIpc) is 2.80. The number of nitrogen functional groups attached to an aromatic ring is 1. The van der Waals surface area contributed by atoms with Crippen LogP contribution in [0.5, 0.6) is 0 Å². The lowest BCUT2D eigenvalue weighted by molar-refractivity contribution is 0.591. The Labute approximate surface area is 94.3 Å². The monoisotopic (exact) mass is 217 g/mol. The highest BCUT2D eigenvalue weighted by molar-refractivity contribution is 5.43. The molecule has 0 aliphatic heterocycles. The molecule has 2 aromatic rings. The summed E-state index contributed by atoms with van der Waals surface area (Å²) in [5.41, 5.74) is 6.23. The fourth-order valence-electron chi connectivity index (χ4n) is 1.40. The van der Waals surface area contributed by atoms with Gasteiger partial charge in [-0.3, -0.25) is 4.68 Å². The second-order valence-electron chi connectivity index (χ2n) is 3.53. The number of hydrogen-bond donors (Lipinski definition) is 2. The number of rotatable bonds is 5. The summed E-state index contributed by atoms with van der Waals surface area (Å²) in [4.78, 5) is 4.15. The zero-order valence-electron chi connectivity index (χ0n) is 9.00. The van der Waals surface area contributed by atoms with E-state index in [9.17, 15) is 0 Å². The van der Waals surface area contributed by atoms with Crippen molar-refractivity contribution in [3.05, 3.63) is 36.8 Å². The second-order valence-corrected chi connectivity index (χ2v) is 3.53. The molecule has 0 aliphatic rings. The minimum absolute atomic E-state index is 0.682. The second kappa shape index (κ2) is 5.16. The Morgan fingerprint density at radius 2 is 2.31 bits per heavy atom. The minimum atomic E-state index is 0.682. The van der Waals surface area contributed by atoms with Gasteiger partial charge in [0, 0.05) is 25.5 Å². The molecule has 0 unspecified atom stereocenters. The SMILES string of the molecule is Nc1ccc(NCCCn2cccn2)nc1. The standard InChI is InChI=1S/C11H15N5/c12-10-3-4-11(14-9-10)13-5-1-7-16-8-2-6-15-16/h2-4,6,8-9H,1,5,7,12H2,(H,13,14). The summed E-state index contributed by atoms with van der Waals surface area (Å²) >= 11 is 0. The van der Waals surface area contributed by atoms with Crippen LogP contribution in [0, 0.1) is 0 Å². The average molecular weight is 217 g/mol. The Kier molecular flexibility index (Phi) is 3.38.